The summed E-state index contributed by atoms with van der Waals surface area (Å²) >= 11 is 0. The highest BCUT2D eigenvalue weighted by Gasteiger charge is 2.45. The summed E-state index contributed by atoms with van der Waals surface area (Å²) in [5.74, 6) is 0.0916. The SMILES string of the molecule is Cc1noc(-c2ccc(-c3ccc(C4(CC(=O)O)CC4)cc3)cc2)c1C/C=C/Cc1ccccc1. The lowest BCUT2D eigenvalue weighted by Crippen LogP contribution is -2.12. The molecule has 4 heteroatoms. The number of aliphatic carboxylic acids is 1. The van der Waals surface area contributed by atoms with Gasteiger partial charge >= 0.3 is 5.97 Å². The summed E-state index contributed by atoms with van der Waals surface area (Å²) in [6, 6.07) is 27.1. The number of hydrogen-bond donors (Lipinski definition) is 1. The monoisotopic (exact) mass is 463 g/mol. The molecule has 35 heavy (non-hydrogen) atoms. The quantitative estimate of drug-likeness (QED) is 0.267. The highest BCUT2D eigenvalue weighted by molar-refractivity contribution is 5.72. The fourth-order valence-corrected chi connectivity index (χ4v) is 4.73. The predicted molar refractivity (Wildman–Crippen MR) is 138 cm³/mol. The van der Waals surface area contributed by atoms with Crippen LogP contribution in [0.15, 0.2) is 95.5 Å². The Bertz CT molecular complexity index is 1330. The highest BCUT2D eigenvalue weighted by atomic mass is 16.5. The molecule has 0 aliphatic heterocycles. The van der Waals surface area contributed by atoms with E-state index in [0.29, 0.717) is 0 Å². The van der Waals surface area contributed by atoms with E-state index in [2.05, 4.69) is 90.1 Å². The Morgan fingerprint density at radius 3 is 2.11 bits per heavy atom. The third-order valence-corrected chi connectivity index (χ3v) is 6.99. The largest absolute Gasteiger partial charge is 0.481 e. The van der Waals surface area contributed by atoms with Crippen LogP contribution < -0.4 is 0 Å². The van der Waals surface area contributed by atoms with Gasteiger partial charge in [0.05, 0.1) is 12.1 Å². The molecule has 0 saturated heterocycles. The summed E-state index contributed by atoms with van der Waals surface area (Å²) in [5.41, 5.74) is 7.53. The van der Waals surface area contributed by atoms with Crippen molar-refractivity contribution >= 4 is 5.97 Å². The van der Waals surface area contributed by atoms with Crippen molar-refractivity contribution in [2.24, 2.45) is 0 Å². The van der Waals surface area contributed by atoms with Crippen molar-refractivity contribution in [2.45, 2.75) is 44.4 Å². The summed E-state index contributed by atoms with van der Waals surface area (Å²) in [6.45, 7) is 1.99. The van der Waals surface area contributed by atoms with Gasteiger partial charge in [-0.1, -0.05) is 96.2 Å². The van der Waals surface area contributed by atoms with Crippen LogP contribution in [-0.2, 0) is 23.1 Å². The first kappa shape index (κ1) is 22.9. The van der Waals surface area contributed by atoms with Crippen molar-refractivity contribution in [1.29, 1.82) is 0 Å². The molecule has 1 fully saturated rings. The first-order valence-electron chi connectivity index (χ1n) is 12.1. The maximum atomic E-state index is 11.2. The van der Waals surface area contributed by atoms with Crippen LogP contribution >= 0.6 is 0 Å². The van der Waals surface area contributed by atoms with Gasteiger partial charge in [0.25, 0.3) is 0 Å². The minimum atomic E-state index is -0.726. The number of rotatable bonds is 9. The second-order valence-corrected chi connectivity index (χ2v) is 9.45. The highest BCUT2D eigenvalue weighted by Crippen LogP contribution is 2.51. The summed E-state index contributed by atoms with van der Waals surface area (Å²) in [4.78, 5) is 11.2. The van der Waals surface area contributed by atoms with E-state index in [1.54, 1.807) is 0 Å². The van der Waals surface area contributed by atoms with Crippen molar-refractivity contribution < 1.29 is 14.4 Å². The molecule has 3 aromatic carbocycles. The molecule has 1 aromatic heterocycles. The Labute approximate surface area is 205 Å². The van der Waals surface area contributed by atoms with Crippen molar-refractivity contribution in [3.05, 3.63) is 113 Å². The third-order valence-electron chi connectivity index (χ3n) is 6.99. The lowest BCUT2D eigenvalue weighted by atomic mass is 9.91. The maximum Gasteiger partial charge on any atom is 0.304 e. The molecule has 4 nitrogen and oxygen atoms in total. The molecule has 1 N–H and O–H groups in total. The molecule has 1 aliphatic carbocycles. The number of nitrogens with zero attached hydrogens (tertiary/aromatic N) is 1. The van der Waals surface area contributed by atoms with E-state index >= 15 is 0 Å². The summed E-state index contributed by atoms with van der Waals surface area (Å²) in [5, 5.41) is 13.4. The lowest BCUT2D eigenvalue weighted by molar-refractivity contribution is -0.137. The Balaban J connectivity index is 1.28. The van der Waals surface area contributed by atoms with Crippen molar-refractivity contribution in [3.8, 4) is 22.5 Å². The second kappa shape index (κ2) is 9.75. The number of carboxylic acids is 1. The normalized spacial score (nSPS) is 14.3. The van der Waals surface area contributed by atoms with Crippen molar-refractivity contribution in [1.82, 2.24) is 5.16 Å². The van der Waals surface area contributed by atoms with Gasteiger partial charge in [-0.05, 0) is 54.9 Å². The first-order valence-corrected chi connectivity index (χ1v) is 12.1. The van der Waals surface area contributed by atoms with E-state index < -0.39 is 5.97 Å². The Kier molecular flexibility index (Phi) is 6.37. The van der Waals surface area contributed by atoms with Crippen molar-refractivity contribution in [3.63, 3.8) is 0 Å². The van der Waals surface area contributed by atoms with Gasteiger partial charge in [0.2, 0.25) is 0 Å². The molecule has 0 unspecified atom stereocenters. The van der Waals surface area contributed by atoms with Gasteiger partial charge in [-0.25, -0.2) is 0 Å². The zero-order valence-electron chi connectivity index (χ0n) is 19.9. The Hall–Kier alpha value is -3.92. The van der Waals surface area contributed by atoms with Crippen LogP contribution in [-0.4, -0.2) is 16.2 Å². The number of carboxylic acid groups (broad SMARTS) is 1. The average molecular weight is 464 g/mol. The molecule has 0 atom stereocenters. The number of allylic oxidation sites excluding steroid dienone is 2. The summed E-state index contributed by atoms with van der Waals surface area (Å²) < 4.78 is 5.70. The average Bonchev–Trinajstić information content (AvgIpc) is 3.56. The number of aryl methyl sites for hydroxylation is 1. The minimum Gasteiger partial charge on any atom is -0.481 e. The Morgan fingerprint density at radius 2 is 1.49 bits per heavy atom. The van der Waals surface area contributed by atoms with Gasteiger partial charge in [-0.3, -0.25) is 4.79 Å². The lowest BCUT2D eigenvalue weighted by Gasteiger charge is -2.13. The fraction of sp³-hybridized carbons (Fsp3) is 0.226. The van der Waals surface area contributed by atoms with E-state index in [-0.39, 0.29) is 11.8 Å². The second-order valence-electron chi connectivity index (χ2n) is 9.45. The molecule has 0 radical (unpaired) electrons. The number of hydrogen-bond acceptors (Lipinski definition) is 3. The zero-order valence-corrected chi connectivity index (χ0v) is 19.9. The fourth-order valence-electron chi connectivity index (χ4n) is 4.73. The number of benzene rings is 3. The molecule has 0 amide bonds. The minimum absolute atomic E-state index is 0.162. The van der Waals surface area contributed by atoms with Crippen LogP contribution in [0.3, 0.4) is 0 Å². The molecule has 1 saturated carbocycles. The summed E-state index contributed by atoms with van der Waals surface area (Å²) in [6.07, 6.45) is 8.18. The molecular weight excluding hydrogens is 434 g/mol. The van der Waals surface area contributed by atoms with Crippen LogP contribution in [0, 0.1) is 6.92 Å². The van der Waals surface area contributed by atoms with Crippen LogP contribution in [0.2, 0.25) is 0 Å². The van der Waals surface area contributed by atoms with Gasteiger partial charge < -0.3 is 9.63 Å². The van der Waals surface area contributed by atoms with Crippen LogP contribution in [0.1, 0.15) is 41.6 Å². The maximum absolute atomic E-state index is 11.2. The number of carbonyl (C=O) groups is 1. The van der Waals surface area contributed by atoms with Gasteiger partial charge in [0.1, 0.15) is 0 Å². The molecule has 1 aliphatic rings. The molecule has 5 rings (SSSR count). The van der Waals surface area contributed by atoms with Gasteiger partial charge in [0, 0.05) is 16.5 Å². The van der Waals surface area contributed by atoms with Gasteiger partial charge in [-0.15, -0.1) is 0 Å². The van der Waals surface area contributed by atoms with Crippen LogP contribution in [0.4, 0.5) is 0 Å². The smallest absolute Gasteiger partial charge is 0.304 e. The van der Waals surface area contributed by atoms with E-state index in [1.165, 1.54) is 5.56 Å². The molecule has 1 heterocycles. The predicted octanol–water partition coefficient (Wildman–Crippen LogP) is 7.16. The molecule has 176 valence electrons. The zero-order chi connectivity index (χ0) is 24.3. The molecular formula is C31H29NO3. The molecule has 0 spiro atoms. The van der Waals surface area contributed by atoms with E-state index in [1.807, 2.05) is 13.0 Å². The standard InChI is InChI=1S/C31H29NO3/c1-22-28(10-6-5-9-23-7-3-2-4-8-23)30(35-32-22)26-13-11-24(12-14-26)25-15-17-27(18-16-25)31(19-20-31)21-29(33)34/h2-8,11-18H,9-10,19-21H2,1H3,(H,33,34)/b6-5+. The summed E-state index contributed by atoms with van der Waals surface area (Å²) in [7, 11) is 0. The van der Waals surface area contributed by atoms with Gasteiger partial charge in [-0.2, -0.15) is 0 Å². The number of aromatic nitrogens is 1. The van der Waals surface area contributed by atoms with Gasteiger partial charge in [0.15, 0.2) is 5.76 Å². The third kappa shape index (κ3) is 5.12. The first-order chi connectivity index (χ1) is 17.0. The van der Waals surface area contributed by atoms with E-state index in [0.717, 1.165) is 65.0 Å². The molecule has 0 bridgehead atoms. The molecule has 4 aromatic rings. The van der Waals surface area contributed by atoms with E-state index in [4.69, 9.17) is 4.52 Å². The van der Waals surface area contributed by atoms with Crippen molar-refractivity contribution in [2.75, 3.05) is 0 Å². The Morgan fingerprint density at radius 1 is 0.886 bits per heavy atom. The topological polar surface area (TPSA) is 63.3 Å². The van der Waals surface area contributed by atoms with E-state index in [9.17, 15) is 9.90 Å². The van der Waals surface area contributed by atoms with Crippen LogP contribution in [0.25, 0.3) is 22.5 Å². The van der Waals surface area contributed by atoms with Crippen LogP contribution in [0.5, 0.6) is 0 Å².